The Bertz CT molecular complexity index is 984. The van der Waals surface area contributed by atoms with Gasteiger partial charge in [-0.2, -0.15) is 0 Å². The first-order valence-electron chi connectivity index (χ1n) is 7.70. The minimum Gasteiger partial charge on any atom is -0.325 e. The van der Waals surface area contributed by atoms with Gasteiger partial charge in [0.05, 0.1) is 5.39 Å². The topological polar surface area (TPSA) is 64.0 Å². The molecule has 5 nitrogen and oxygen atoms in total. The summed E-state index contributed by atoms with van der Waals surface area (Å²) >= 11 is 1.51. The van der Waals surface area contributed by atoms with Gasteiger partial charge in [0, 0.05) is 10.6 Å². The van der Waals surface area contributed by atoms with Crippen LogP contribution in [0, 0.1) is 27.7 Å². The third kappa shape index (κ3) is 2.97. The summed E-state index contributed by atoms with van der Waals surface area (Å²) in [5, 5.41) is 3.43. The van der Waals surface area contributed by atoms with Gasteiger partial charge in [-0.1, -0.05) is 17.7 Å². The molecule has 2 heterocycles. The average Bonchev–Trinajstić information content (AvgIpc) is 2.80. The number of hydrogen-bond acceptors (Lipinski definition) is 4. The van der Waals surface area contributed by atoms with Crippen molar-refractivity contribution >= 4 is 33.1 Å². The van der Waals surface area contributed by atoms with Crippen LogP contribution in [0.25, 0.3) is 10.2 Å². The Balaban J connectivity index is 1.92. The predicted octanol–water partition coefficient (Wildman–Crippen LogP) is 3.33. The number of thiophene rings is 1. The van der Waals surface area contributed by atoms with Gasteiger partial charge in [0.2, 0.25) is 5.91 Å². The number of aromatic nitrogens is 2. The molecule has 3 aromatic rings. The number of nitrogens with one attached hydrogen (secondary N) is 1. The van der Waals surface area contributed by atoms with Gasteiger partial charge in [-0.05, 0) is 45.4 Å². The largest absolute Gasteiger partial charge is 0.325 e. The van der Waals surface area contributed by atoms with Crippen molar-refractivity contribution in [1.29, 1.82) is 0 Å². The first kappa shape index (κ1) is 16.4. The molecular formula is C18H19N3O2S. The lowest BCUT2D eigenvalue weighted by atomic mass is 10.2. The summed E-state index contributed by atoms with van der Waals surface area (Å²) in [6, 6.07) is 7.55. The third-order valence-electron chi connectivity index (χ3n) is 4.12. The lowest BCUT2D eigenvalue weighted by Gasteiger charge is -2.10. The molecular weight excluding hydrogens is 322 g/mol. The van der Waals surface area contributed by atoms with Crippen molar-refractivity contribution in [2.75, 3.05) is 5.32 Å². The second-order valence-electron chi connectivity index (χ2n) is 5.93. The molecule has 1 N–H and O–H groups in total. The highest BCUT2D eigenvalue weighted by molar-refractivity contribution is 7.18. The Morgan fingerprint density at radius 1 is 1.17 bits per heavy atom. The molecule has 124 valence electrons. The molecule has 0 aliphatic rings. The van der Waals surface area contributed by atoms with Crippen LogP contribution in [0.3, 0.4) is 0 Å². The second kappa shape index (κ2) is 6.20. The highest BCUT2D eigenvalue weighted by Crippen LogP contribution is 2.26. The van der Waals surface area contributed by atoms with E-state index in [4.69, 9.17) is 0 Å². The fraction of sp³-hybridized carbons (Fsp3) is 0.278. The van der Waals surface area contributed by atoms with E-state index in [2.05, 4.69) is 10.3 Å². The molecule has 0 bridgehead atoms. The van der Waals surface area contributed by atoms with Crippen LogP contribution in [0.2, 0.25) is 0 Å². The summed E-state index contributed by atoms with van der Waals surface area (Å²) in [5.41, 5.74) is 2.63. The van der Waals surface area contributed by atoms with E-state index in [0.29, 0.717) is 16.9 Å². The SMILES string of the molecule is Cc1ccc(NC(=O)Cn2c(C)nc3sc(C)c(C)c3c2=O)cc1. The van der Waals surface area contributed by atoms with Gasteiger partial charge in [0.15, 0.2) is 0 Å². The van der Waals surface area contributed by atoms with E-state index >= 15 is 0 Å². The zero-order chi connectivity index (χ0) is 17.4. The molecule has 0 unspecified atom stereocenters. The zero-order valence-electron chi connectivity index (χ0n) is 14.1. The van der Waals surface area contributed by atoms with Gasteiger partial charge in [0.1, 0.15) is 17.2 Å². The molecule has 6 heteroatoms. The number of amides is 1. The summed E-state index contributed by atoms with van der Waals surface area (Å²) in [6.45, 7) is 7.59. The molecule has 0 aliphatic carbocycles. The van der Waals surface area contributed by atoms with Gasteiger partial charge < -0.3 is 5.32 Å². The van der Waals surface area contributed by atoms with Crippen LogP contribution in [0.15, 0.2) is 29.1 Å². The summed E-state index contributed by atoms with van der Waals surface area (Å²) in [7, 11) is 0. The standard InChI is InChI=1S/C18H19N3O2S/c1-10-5-7-14(8-6-10)20-15(22)9-21-13(4)19-17-16(18(21)23)11(2)12(3)24-17/h5-8H,9H2,1-4H3,(H,20,22). The molecule has 1 aromatic carbocycles. The molecule has 1 amide bonds. The van der Waals surface area contributed by atoms with Crippen LogP contribution in [0.5, 0.6) is 0 Å². The Labute approximate surface area is 144 Å². The highest BCUT2D eigenvalue weighted by atomic mass is 32.1. The quantitative estimate of drug-likeness (QED) is 0.795. The van der Waals surface area contributed by atoms with Gasteiger partial charge in [-0.15, -0.1) is 11.3 Å². The number of rotatable bonds is 3. The van der Waals surface area contributed by atoms with Gasteiger partial charge in [-0.3, -0.25) is 14.2 Å². The fourth-order valence-corrected chi connectivity index (χ4v) is 3.66. The average molecular weight is 341 g/mol. The lowest BCUT2D eigenvalue weighted by Crippen LogP contribution is -2.30. The number of carbonyl (C=O) groups excluding carboxylic acids is 1. The van der Waals surface area contributed by atoms with Crippen molar-refractivity contribution in [3.8, 4) is 0 Å². The molecule has 0 radical (unpaired) electrons. The van der Waals surface area contributed by atoms with Crippen LogP contribution in [0.1, 0.15) is 21.8 Å². The molecule has 0 saturated heterocycles. The molecule has 2 aromatic heterocycles. The molecule has 0 fully saturated rings. The van der Waals surface area contributed by atoms with E-state index in [1.165, 1.54) is 15.9 Å². The van der Waals surface area contributed by atoms with E-state index in [-0.39, 0.29) is 18.0 Å². The van der Waals surface area contributed by atoms with E-state index in [1.54, 1.807) is 6.92 Å². The van der Waals surface area contributed by atoms with Crippen LogP contribution in [-0.2, 0) is 11.3 Å². The lowest BCUT2D eigenvalue weighted by molar-refractivity contribution is -0.116. The number of benzene rings is 1. The number of hydrogen-bond donors (Lipinski definition) is 1. The Hall–Kier alpha value is -2.47. The Kier molecular flexibility index (Phi) is 4.24. The number of carbonyl (C=O) groups is 1. The summed E-state index contributed by atoms with van der Waals surface area (Å²) in [6.07, 6.45) is 0. The molecule has 0 spiro atoms. The van der Waals surface area contributed by atoms with Crippen molar-refractivity contribution in [2.24, 2.45) is 0 Å². The zero-order valence-corrected chi connectivity index (χ0v) is 15.0. The fourth-order valence-electron chi connectivity index (χ4n) is 2.60. The van der Waals surface area contributed by atoms with Crippen molar-refractivity contribution in [3.05, 3.63) is 56.4 Å². The van der Waals surface area contributed by atoms with E-state index in [1.807, 2.05) is 45.0 Å². The van der Waals surface area contributed by atoms with Crippen LogP contribution in [-0.4, -0.2) is 15.5 Å². The van der Waals surface area contributed by atoms with E-state index in [9.17, 15) is 9.59 Å². The summed E-state index contributed by atoms with van der Waals surface area (Å²) in [5.74, 6) is 0.308. The van der Waals surface area contributed by atoms with Crippen molar-refractivity contribution in [1.82, 2.24) is 9.55 Å². The Morgan fingerprint density at radius 2 is 1.83 bits per heavy atom. The number of nitrogens with zero attached hydrogens (tertiary/aromatic N) is 2. The van der Waals surface area contributed by atoms with Crippen LogP contribution < -0.4 is 10.9 Å². The second-order valence-corrected chi connectivity index (χ2v) is 7.13. The monoisotopic (exact) mass is 341 g/mol. The normalized spacial score (nSPS) is 11.0. The van der Waals surface area contributed by atoms with E-state index in [0.717, 1.165) is 20.8 Å². The van der Waals surface area contributed by atoms with Gasteiger partial charge >= 0.3 is 0 Å². The summed E-state index contributed by atoms with van der Waals surface area (Å²) < 4.78 is 1.44. The first-order chi connectivity index (χ1) is 11.4. The van der Waals surface area contributed by atoms with Crippen molar-refractivity contribution in [2.45, 2.75) is 34.2 Å². The van der Waals surface area contributed by atoms with Crippen LogP contribution in [0.4, 0.5) is 5.69 Å². The molecule has 24 heavy (non-hydrogen) atoms. The highest BCUT2D eigenvalue weighted by Gasteiger charge is 2.16. The van der Waals surface area contributed by atoms with Crippen LogP contribution >= 0.6 is 11.3 Å². The number of aryl methyl sites for hydroxylation is 4. The molecule has 0 atom stereocenters. The maximum absolute atomic E-state index is 12.8. The molecule has 0 aliphatic heterocycles. The molecule has 3 rings (SSSR count). The summed E-state index contributed by atoms with van der Waals surface area (Å²) in [4.78, 5) is 31.4. The van der Waals surface area contributed by atoms with Gasteiger partial charge in [0.25, 0.3) is 5.56 Å². The third-order valence-corrected chi connectivity index (χ3v) is 5.22. The smallest absolute Gasteiger partial charge is 0.263 e. The number of anilines is 1. The predicted molar refractivity (Wildman–Crippen MR) is 97.9 cm³/mol. The Morgan fingerprint density at radius 3 is 2.50 bits per heavy atom. The molecule has 0 saturated carbocycles. The van der Waals surface area contributed by atoms with E-state index < -0.39 is 0 Å². The minimum atomic E-state index is -0.241. The number of fused-ring (bicyclic) bond motifs is 1. The van der Waals surface area contributed by atoms with Crippen molar-refractivity contribution in [3.63, 3.8) is 0 Å². The van der Waals surface area contributed by atoms with Gasteiger partial charge in [-0.25, -0.2) is 4.98 Å². The maximum atomic E-state index is 12.8. The first-order valence-corrected chi connectivity index (χ1v) is 8.52. The maximum Gasteiger partial charge on any atom is 0.263 e. The minimum absolute atomic E-state index is 0.0458. The van der Waals surface area contributed by atoms with Crippen molar-refractivity contribution < 1.29 is 4.79 Å².